The van der Waals surface area contributed by atoms with Gasteiger partial charge < -0.3 is 5.11 Å². The molecule has 0 unspecified atom stereocenters. The van der Waals surface area contributed by atoms with E-state index in [1.807, 2.05) is 33.9 Å². The molecule has 0 aliphatic carbocycles. The quantitative estimate of drug-likeness (QED) is 0.818. The highest BCUT2D eigenvalue weighted by atomic mass is 16.4. The van der Waals surface area contributed by atoms with Crippen LogP contribution in [0.2, 0.25) is 0 Å². The van der Waals surface area contributed by atoms with Gasteiger partial charge in [0, 0.05) is 17.8 Å². The first-order chi connectivity index (χ1) is 7.80. The molecular weight excluding hydrogens is 218 g/mol. The van der Waals surface area contributed by atoms with Crippen LogP contribution >= 0.6 is 0 Å². The molecule has 1 N–H and O–H groups in total. The Hall–Kier alpha value is -1.91. The number of carboxylic acids is 1. The second-order valence-electron chi connectivity index (χ2n) is 5.16. The van der Waals surface area contributed by atoms with Crippen LogP contribution in [0, 0.1) is 6.92 Å². The molecular formula is C12H15N3O2. The van der Waals surface area contributed by atoms with Gasteiger partial charge in [-0.1, -0.05) is 20.8 Å². The molecule has 0 spiro atoms. The molecule has 0 aliphatic heterocycles. The average Bonchev–Trinajstić information content (AvgIpc) is 2.55. The number of carboxylic acid groups (broad SMARTS) is 1. The van der Waals surface area contributed by atoms with Crippen molar-refractivity contribution in [3.05, 3.63) is 29.5 Å². The Balaban J connectivity index is 2.85. The van der Waals surface area contributed by atoms with Crippen LogP contribution < -0.4 is 0 Å². The van der Waals surface area contributed by atoms with E-state index >= 15 is 0 Å². The van der Waals surface area contributed by atoms with E-state index in [1.54, 1.807) is 10.6 Å². The van der Waals surface area contributed by atoms with Crippen LogP contribution in [0.5, 0.6) is 0 Å². The van der Waals surface area contributed by atoms with Gasteiger partial charge in [0.25, 0.3) is 0 Å². The standard InChI is InChI=1S/C12H15N3O2/c1-7-5-13-9-8(10(16)17)14-11(12(2,3)4)15(9)6-7/h5-6H,1-4H3,(H,16,17). The van der Waals surface area contributed by atoms with Gasteiger partial charge in [0.2, 0.25) is 0 Å². The molecule has 0 bridgehead atoms. The first-order valence-corrected chi connectivity index (χ1v) is 5.39. The summed E-state index contributed by atoms with van der Waals surface area (Å²) in [5.41, 5.74) is 1.15. The Labute approximate surface area is 99.1 Å². The number of fused-ring (bicyclic) bond motifs is 1. The zero-order chi connectivity index (χ0) is 12.8. The Morgan fingerprint density at radius 3 is 2.59 bits per heavy atom. The molecule has 0 saturated heterocycles. The number of aryl methyl sites for hydroxylation is 1. The van der Waals surface area contributed by atoms with Gasteiger partial charge in [-0.05, 0) is 12.5 Å². The number of imidazole rings is 1. The van der Waals surface area contributed by atoms with Crippen molar-refractivity contribution in [2.45, 2.75) is 33.1 Å². The lowest BCUT2D eigenvalue weighted by atomic mass is 9.96. The van der Waals surface area contributed by atoms with E-state index in [4.69, 9.17) is 5.11 Å². The van der Waals surface area contributed by atoms with Crippen LogP contribution in [0.25, 0.3) is 5.65 Å². The molecule has 0 atom stereocenters. The molecule has 5 heteroatoms. The fraction of sp³-hybridized carbons (Fsp3) is 0.417. The van der Waals surface area contributed by atoms with Gasteiger partial charge in [-0.15, -0.1) is 0 Å². The lowest BCUT2D eigenvalue weighted by Crippen LogP contribution is -2.16. The number of aromatic carboxylic acids is 1. The van der Waals surface area contributed by atoms with E-state index in [9.17, 15) is 4.79 Å². The van der Waals surface area contributed by atoms with E-state index in [-0.39, 0.29) is 11.1 Å². The fourth-order valence-electron chi connectivity index (χ4n) is 1.74. The summed E-state index contributed by atoms with van der Waals surface area (Å²) in [5, 5.41) is 9.12. The number of hydrogen-bond acceptors (Lipinski definition) is 3. The summed E-state index contributed by atoms with van der Waals surface area (Å²) in [4.78, 5) is 19.5. The molecule has 90 valence electrons. The third-order valence-electron chi connectivity index (χ3n) is 2.48. The molecule has 0 radical (unpaired) electrons. The highest BCUT2D eigenvalue weighted by Gasteiger charge is 2.25. The van der Waals surface area contributed by atoms with Crippen LogP contribution in [0.4, 0.5) is 0 Å². The zero-order valence-electron chi connectivity index (χ0n) is 10.4. The maximum absolute atomic E-state index is 11.1. The van der Waals surface area contributed by atoms with Crippen LogP contribution in [0.3, 0.4) is 0 Å². The molecule has 0 amide bonds. The van der Waals surface area contributed by atoms with Crippen LogP contribution in [-0.4, -0.2) is 25.4 Å². The normalized spacial score (nSPS) is 12.0. The summed E-state index contributed by atoms with van der Waals surface area (Å²) in [6, 6.07) is 0. The van der Waals surface area contributed by atoms with Crippen molar-refractivity contribution in [2.24, 2.45) is 0 Å². The Morgan fingerprint density at radius 2 is 2.06 bits per heavy atom. The smallest absolute Gasteiger partial charge is 0.358 e. The highest BCUT2D eigenvalue weighted by molar-refractivity contribution is 5.92. The van der Waals surface area contributed by atoms with Crippen molar-refractivity contribution >= 4 is 11.6 Å². The minimum absolute atomic E-state index is 0.00919. The van der Waals surface area contributed by atoms with Gasteiger partial charge in [-0.2, -0.15) is 0 Å². The monoisotopic (exact) mass is 233 g/mol. The minimum atomic E-state index is -1.05. The molecule has 2 heterocycles. The highest BCUT2D eigenvalue weighted by Crippen LogP contribution is 2.24. The maximum Gasteiger partial charge on any atom is 0.358 e. The lowest BCUT2D eigenvalue weighted by Gasteiger charge is -2.16. The van der Waals surface area contributed by atoms with Gasteiger partial charge in [-0.25, -0.2) is 14.8 Å². The van der Waals surface area contributed by atoms with E-state index in [2.05, 4.69) is 9.97 Å². The number of aromatic nitrogens is 3. The summed E-state index contributed by atoms with van der Waals surface area (Å²) < 4.78 is 1.76. The average molecular weight is 233 g/mol. The summed E-state index contributed by atoms with van der Waals surface area (Å²) in [5.74, 6) is -0.338. The largest absolute Gasteiger partial charge is 0.476 e. The summed E-state index contributed by atoms with van der Waals surface area (Å²) in [6.07, 6.45) is 3.51. The molecule has 0 saturated carbocycles. The molecule has 0 aliphatic rings. The van der Waals surface area contributed by atoms with Gasteiger partial charge in [0.15, 0.2) is 11.3 Å². The second-order valence-corrected chi connectivity index (χ2v) is 5.16. The van der Waals surface area contributed by atoms with Crippen molar-refractivity contribution in [1.29, 1.82) is 0 Å². The van der Waals surface area contributed by atoms with E-state index in [0.29, 0.717) is 11.5 Å². The molecule has 0 aromatic carbocycles. The van der Waals surface area contributed by atoms with Crippen molar-refractivity contribution < 1.29 is 9.90 Å². The Morgan fingerprint density at radius 1 is 1.41 bits per heavy atom. The predicted molar refractivity (Wildman–Crippen MR) is 63.4 cm³/mol. The van der Waals surface area contributed by atoms with Crippen molar-refractivity contribution in [3.63, 3.8) is 0 Å². The van der Waals surface area contributed by atoms with Crippen molar-refractivity contribution in [3.8, 4) is 0 Å². The van der Waals surface area contributed by atoms with Crippen LogP contribution in [0.1, 0.15) is 42.6 Å². The van der Waals surface area contributed by atoms with E-state index < -0.39 is 5.97 Å². The fourth-order valence-corrected chi connectivity index (χ4v) is 1.74. The summed E-state index contributed by atoms with van der Waals surface area (Å²) in [7, 11) is 0. The van der Waals surface area contributed by atoms with Gasteiger partial charge in [-0.3, -0.25) is 4.40 Å². The van der Waals surface area contributed by atoms with Crippen LogP contribution in [0.15, 0.2) is 12.4 Å². The number of hydrogen-bond donors (Lipinski definition) is 1. The second kappa shape index (κ2) is 3.55. The summed E-state index contributed by atoms with van der Waals surface area (Å²) >= 11 is 0. The van der Waals surface area contributed by atoms with Crippen LogP contribution in [-0.2, 0) is 5.41 Å². The van der Waals surface area contributed by atoms with E-state index in [0.717, 1.165) is 5.56 Å². The van der Waals surface area contributed by atoms with Gasteiger partial charge in [0.05, 0.1) is 0 Å². The first kappa shape index (κ1) is 11.6. The molecule has 5 nitrogen and oxygen atoms in total. The number of nitrogens with zero attached hydrogens (tertiary/aromatic N) is 3. The number of carbonyl (C=O) groups is 1. The van der Waals surface area contributed by atoms with E-state index in [1.165, 1.54) is 0 Å². The zero-order valence-corrected chi connectivity index (χ0v) is 10.4. The maximum atomic E-state index is 11.1. The Kier molecular flexibility index (Phi) is 2.41. The molecule has 2 aromatic rings. The van der Waals surface area contributed by atoms with Gasteiger partial charge in [0.1, 0.15) is 5.82 Å². The van der Waals surface area contributed by atoms with Crippen molar-refractivity contribution in [1.82, 2.24) is 14.4 Å². The Bertz CT molecular complexity index is 594. The SMILES string of the molecule is Cc1cnc2c(C(=O)O)nc(C(C)(C)C)n2c1. The molecule has 0 fully saturated rings. The third-order valence-corrected chi connectivity index (χ3v) is 2.48. The number of rotatable bonds is 1. The lowest BCUT2D eigenvalue weighted by molar-refractivity contribution is 0.0693. The molecule has 2 aromatic heterocycles. The first-order valence-electron chi connectivity index (χ1n) is 5.39. The molecule has 2 rings (SSSR count). The summed E-state index contributed by atoms with van der Waals surface area (Å²) in [6.45, 7) is 7.90. The third kappa shape index (κ3) is 1.88. The molecule has 17 heavy (non-hydrogen) atoms. The van der Waals surface area contributed by atoms with Gasteiger partial charge >= 0.3 is 5.97 Å². The predicted octanol–water partition coefficient (Wildman–Crippen LogP) is 2.03. The minimum Gasteiger partial charge on any atom is -0.476 e. The van der Waals surface area contributed by atoms with Crippen molar-refractivity contribution in [2.75, 3.05) is 0 Å². The topological polar surface area (TPSA) is 67.5 Å².